The van der Waals surface area contributed by atoms with Crippen molar-refractivity contribution in [3.63, 3.8) is 0 Å². The van der Waals surface area contributed by atoms with Crippen molar-refractivity contribution in [1.29, 1.82) is 5.26 Å². The number of nitriles is 1. The molecule has 0 spiro atoms. The van der Waals surface area contributed by atoms with Crippen molar-refractivity contribution in [2.45, 2.75) is 18.3 Å². The van der Waals surface area contributed by atoms with Gasteiger partial charge in [0.15, 0.2) is 0 Å². The molecule has 1 fully saturated rings. The third kappa shape index (κ3) is 1.08. The topological polar surface area (TPSA) is 42.2 Å². The van der Waals surface area contributed by atoms with Crippen molar-refractivity contribution < 1.29 is 28.2 Å². The van der Waals surface area contributed by atoms with Crippen LogP contribution in [0, 0.1) is 11.3 Å². The Labute approximate surface area is 93.0 Å². The molecule has 14 heavy (non-hydrogen) atoms. The van der Waals surface area contributed by atoms with Crippen molar-refractivity contribution in [3.8, 4) is 17.6 Å². The SMILES string of the molecule is N#CC1(c2ccc3c(c2)O[I-]O3)CC1. The van der Waals surface area contributed by atoms with Crippen molar-refractivity contribution >= 4 is 0 Å². The van der Waals surface area contributed by atoms with Gasteiger partial charge in [0.1, 0.15) is 0 Å². The van der Waals surface area contributed by atoms with E-state index in [9.17, 15) is 0 Å². The van der Waals surface area contributed by atoms with Crippen LogP contribution in [-0.2, 0) is 5.41 Å². The Bertz CT molecular complexity index is 434. The number of hydrogen-bond acceptors (Lipinski definition) is 3. The van der Waals surface area contributed by atoms with Crippen LogP contribution in [0.4, 0.5) is 0 Å². The van der Waals surface area contributed by atoms with Gasteiger partial charge in [-0.3, -0.25) is 0 Å². The molecule has 1 aromatic rings. The van der Waals surface area contributed by atoms with E-state index in [0.717, 1.165) is 29.9 Å². The standard InChI is InChI=1S/C10H7INO2/c12-6-10(3-4-10)7-1-2-8-9(5-7)14-11-13-8/h1-2,5H,3-4H2/q-1. The molecule has 0 N–H and O–H groups in total. The van der Waals surface area contributed by atoms with Crippen molar-refractivity contribution in [2.24, 2.45) is 0 Å². The first-order valence-corrected chi connectivity index (χ1v) is 6.15. The average Bonchev–Trinajstić information content (AvgIpc) is 2.89. The van der Waals surface area contributed by atoms with E-state index in [1.54, 1.807) is 0 Å². The first-order chi connectivity index (χ1) is 6.84. The minimum atomic E-state index is -0.604. The van der Waals surface area contributed by atoms with Crippen LogP contribution in [0.1, 0.15) is 18.4 Å². The quantitative estimate of drug-likeness (QED) is 0.621. The zero-order valence-electron chi connectivity index (χ0n) is 7.29. The van der Waals surface area contributed by atoms with E-state index in [0.29, 0.717) is 0 Å². The maximum absolute atomic E-state index is 9.04. The minimum absolute atomic E-state index is 0.223. The van der Waals surface area contributed by atoms with E-state index in [1.165, 1.54) is 0 Å². The first-order valence-electron chi connectivity index (χ1n) is 4.39. The van der Waals surface area contributed by atoms with Gasteiger partial charge in [-0.1, -0.05) is 0 Å². The van der Waals surface area contributed by atoms with Gasteiger partial charge in [0.2, 0.25) is 0 Å². The normalized spacial score (nSPS) is 20.8. The molecule has 1 aromatic carbocycles. The van der Waals surface area contributed by atoms with Gasteiger partial charge in [-0.05, 0) is 0 Å². The molecule has 0 atom stereocenters. The summed E-state index contributed by atoms with van der Waals surface area (Å²) in [4.78, 5) is 0. The van der Waals surface area contributed by atoms with Crippen LogP contribution in [0.5, 0.6) is 11.5 Å². The number of benzene rings is 1. The zero-order valence-corrected chi connectivity index (χ0v) is 9.45. The molecule has 2 aliphatic rings. The molecule has 0 bridgehead atoms. The predicted molar refractivity (Wildman–Crippen MR) is 44.2 cm³/mol. The molecule has 0 amide bonds. The van der Waals surface area contributed by atoms with Crippen LogP contribution < -0.4 is 28.2 Å². The van der Waals surface area contributed by atoms with Crippen LogP contribution in [0.3, 0.4) is 0 Å². The molecule has 0 unspecified atom stereocenters. The molecule has 0 aromatic heterocycles. The maximum atomic E-state index is 9.04. The van der Waals surface area contributed by atoms with Crippen LogP contribution in [0.2, 0.25) is 0 Å². The molecule has 1 aliphatic carbocycles. The van der Waals surface area contributed by atoms with Crippen LogP contribution >= 0.6 is 0 Å². The summed E-state index contributed by atoms with van der Waals surface area (Å²) in [6.45, 7) is 0. The van der Waals surface area contributed by atoms with Gasteiger partial charge in [0.05, 0.1) is 0 Å². The Morgan fingerprint density at radius 1 is 1.29 bits per heavy atom. The molecule has 1 aliphatic heterocycles. The molecule has 4 heteroatoms. The molecule has 3 rings (SSSR count). The Morgan fingerprint density at radius 3 is 2.79 bits per heavy atom. The van der Waals surface area contributed by atoms with Gasteiger partial charge in [-0.25, -0.2) is 0 Å². The van der Waals surface area contributed by atoms with E-state index < -0.39 is 22.0 Å². The Balaban J connectivity index is 2.06. The monoisotopic (exact) mass is 300 g/mol. The fourth-order valence-corrected chi connectivity index (χ4v) is 2.79. The summed E-state index contributed by atoms with van der Waals surface area (Å²) in [5, 5.41) is 9.04. The zero-order chi connectivity index (χ0) is 9.60. The summed E-state index contributed by atoms with van der Waals surface area (Å²) in [7, 11) is 0. The third-order valence-corrected chi connectivity index (χ3v) is 4.00. The summed E-state index contributed by atoms with van der Waals surface area (Å²) in [6.07, 6.45) is 1.94. The van der Waals surface area contributed by atoms with E-state index in [1.807, 2.05) is 18.2 Å². The number of nitrogens with zero attached hydrogens (tertiary/aromatic N) is 1. The summed E-state index contributed by atoms with van der Waals surface area (Å²) in [5.41, 5.74) is 0.854. The van der Waals surface area contributed by atoms with E-state index in [2.05, 4.69) is 6.07 Å². The molecule has 1 heterocycles. The van der Waals surface area contributed by atoms with Gasteiger partial charge in [-0.15, -0.1) is 0 Å². The van der Waals surface area contributed by atoms with Gasteiger partial charge in [0, 0.05) is 0 Å². The van der Waals surface area contributed by atoms with Crippen LogP contribution in [0.15, 0.2) is 18.2 Å². The van der Waals surface area contributed by atoms with Crippen molar-refractivity contribution in [1.82, 2.24) is 0 Å². The van der Waals surface area contributed by atoms with Crippen molar-refractivity contribution in [2.75, 3.05) is 0 Å². The number of halogens is 1. The third-order valence-electron chi connectivity index (χ3n) is 2.69. The molecule has 0 radical (unpaired) electrons. The van der Waals surface area contributed by atoms with Gasteiger partial charge in [-0.2, -0.15) is 0 Å². The molecular formula is C10H7INO2-. The summed E-state index contributed by atoms with van der Waals surface area (Å²) in [5.74, 6) is 1.65. The molecule has 3 nitrogen and oxygen atoms in total. The van der Waals surface area contributed by atoms with Crippen LogP contribution in [-0.4, -0.2) is 0 Å². The fourth-order valence-electron chi connectivity index (χ4n) is 1.60. The summed E-state index contributed by atoms with van der Waals surface area (Å²) < 4.78 is 10.7. The van der Waals surface area contributed by atoms with E-state index in [4.69, 9.17) is 11.4 Å². The van der Waals surface area contributed by atoms with Gasteiger partial charge < -0.3 is 0 Å². The van der Waals surface area contributed by atoms with Crippen LogP contribution in [0.25, 0.3) is 0 Å². The Kier molecular flexibility index (Phi) is 1.65. The average molecular weight is 300 g/mol. The number of fused-ring (bicyclic) bond motifs is 1. The van der Waals surface area contributed by atoms with Gasteiger partial charge in [0.25, 0.3) is 0 Å². The van der Waals surface area contributed by atoms with E-state index in [-0.39, 0.29) is 5.41 Å². The Morgan fingerprint density at radius 2 is 2.07 bits per heavy atom. The second-order valence-corrected chi connectivity index (χ2v) is 4.81. The molecule has 0 saturated heterocycles. The number of rotatable bonds is 1. The second kappa shape index (κ2) is 2.76. The van der Waals surface area contributed by atoms with Crippen molar-refractivity contribution in [3.05, 3.63) is 23.8 Å². The first kappa shape index (κ1) is 8.36. The summed E-state index contributed by atoms with van der Waals surface area (Å²) >= 11 is -0.604. The fraction of sp³-hybridized carbons (Fsp3) is 0.300. The second-order valence-electron chi connectivity index (χ2n) is 3.57. The number of hydrogen-bond donors (Lipinski definition) is 0. The van der Waals surface area contributed by atoms with Gasteiger partial charge >= 0.3 is 93.0 Å². The summed E-state index contributed by atoms with van der Waals surface area (Å²) in [6, 6.07) is 8.22. The van der Waals surface area contributed by atoms with E-state index >= 15 is 0 Å². The Hall–Kier alpha value is -0.960. The molecule has 72 valence electrons. The predicted octanol–water partition coefficient (Wildman–Crippen LogP) is -1.07. The molecular weight excluding hydrogens is 293 g/mol. The molecule has 1 saturated carbocycles.